The first kappa shape index (κ1) is 30.4. The van der Waals surface area contributed by atoms with Crippen molar-refractivity contribution in [1.29, 1.82) is 0 Å². The third kappa shape index (κ3) is 7.82. The largest absolute Gasteiger partial charge is 0.325 e. The van der Waals surface area contributed by atoms with Gasteiger partial charge >= 0.3 is 6.03 Å². The highest BCUT2D eigenvalue weighted by molar-refractivity contribution is 7.89. The fraction of sp³-hybridized carbons (Fsp3) is 0.290. The van der Waals surface area contributed by atoms with Crippen LogP contribution in [0.25, 0.3) is 22.2 Å². The molecule has 11 heteroatoms. The average molecular weight is 590 g/mol. The van der Waals surface area contributed by atoms with Crippen LogP contribution >= 0.6 is 0 Å². The Labute approximate surface area is 245 Å². The molecule has 0 radical (unpaired) electrons. The van der Waals surface area contributed by atoms with Crippen molar-refractivity contribution in [1.82, 2.24) is 19.6 Å². The number of aryl methyl sites for hydroxylation is 1. The van der Waals surface area contributed by atoms with Crippen LogP contribution in [0.2, 0.25) is 0 Å². The van der Waals surface area contributed by atoms with Crippen molar-refractivity contribution in [2.24, 2.45) is 0 Å². The molecule has 0 aliphatic heterocycles. The van der Waals surface area contributed by atoms with Crippen LogP contribution in [0, 0.1) is 0 Å². The van der Waals surface area contributed by atoms with Gasteiger partial charge in [0, 0.05) is 30.6 Å². The summed E-state index contributed by atoms with van der Waals surface area (Å²) in [7, 11) is -3.70. The summed E-state index contributed by atoms with van der Waals surface area (Å²) in [5.41, 5.74) is 4.89. The lowest BCUT2D eigenvalue weighted by atomic mass is 9.98. The van der Waals surface area contributed by atoms with Crippen molar-refractivity contribution in [3.05, 3.63) is 83.7 Å². The Morgan fingerprint density at radius 3 is 2.36 bits per heavy atom. The molecule has 4 aromatic rings. The molecule has 0 bridgehead atoms. The van der Waals surface area contributed by atoms with Gasteiger partial charge in [-0.25, -0.2) is 22.9 Å². The number of hydrogen-bond donors (Lipinski definition) is 3. The van der Waals surface area contributed by atoms with Crippen molar-refractivity contribution in [2.45, 2.75) is 52.5 Å². The zero-order chi connectivity index (χ0) is 30.3. The number of imidazole rings is 1. The number of anilines is 1. The summed E-state index contributed by atoms with van der Waals surface area (Å²) in [5.74, 6) is -0.0751. The number of nitrogens with zero attached hydrogens (tertiary/aromatic N) is 2. The zero-order valence-corrected chi connectivity index (χ0v) is 24.8. The molecule has 1 heterocycles. The average Bonchev–Trinajstić information content (AvgIpc) is 3.27. The molecule has 0 saturated carbocycles. The van der Waals surface area contributed by atoms with E-state index in [9.17, 15) is 22.8 Å². The van der Waals surface area contributed by atoms with Crippen molar-refractivity contribution in [3.8, 4) is 11.1 Å². The highest BCUT2D eigenvalue weighted by Crippen LogP contribution is 2.26. The summed E-state index contributed by atoms with van der Waals surface area (Å²) >= 11 is 0. The predicted molar refractivity (Wildman–Crippen MR) is 164 cm³/mol. The number of rotatable bonds is 11. The topological polar surface area (TPSA) is 139 Å². The first-order chi connectivity index (χ1) is 20.1. The molecule has 1 aromatic heterocycles. The number of sulfonamides is 1. The molecule has 4 rings (SSSR count). The number of unbranched alkanes of at least 4 members (excludes halogenated alkanes) is 1. The number of nitrogens with one attached hydrogen (secondary N) is 3. The summed E-state index contributed by atoms with van der Waals surface area (Å²) in [6.07, 6.45) is 4.67. The molecule has 0 aliphatic carbocycles. The molecule has 0 atom stereocenters. The third-order valence-corrected chi connectivity index (χ3v) is 7.18. The lowest BCUT2D eigenvalue weighted by Gasteiger charge is -2.12. The minimum atomic E-state index is -3.70. The molecule has 10 nitrogen and oxygen atoms in total. The van der Waals surface area contributed by atoms with Gasteiger partial charge in [0.05, 0.1) is 17.3 Å². The molecule has 0 unspecified atom stereocenters. The molecule has 3 aromatic carbocycles. The van der Waals surface area contributed by atoms with E-state index >= 15 is 0 Å². The second kappa shape index (κ2) is 13.4. The molecule has 3 N–H and O–H groups in total. The van der Waals surface area contributed by atoms with Gasteiger partial charge in [-0.05, 0) is 53.8 Å². The van der Waals surface area contributed by atoms with Gasteiger partial charge in [-0.1, -0.05) is 62.7 Å². The molecule has 220 valence electrons. The summed E-state index contributed by atoms with van der Waals surface area (Å²) in [5, 5.41) is 5.04. The van der Waals surface area contributed by atoms with E-state index < -0.39 is 22.0 Å². The lowest BCUT2D eigenvalue weighted by Crippen LogP contribution is -2.34. The van der Waals surface area contributed by atoms with Crippen molar-refractivity contribution in [3.63, 3.8) is 0 Å². The van der Waals surface area contributed by atoms with Crippen LogP contribution in [0.5, 0.6) is 0 Å². The fourth-order valence-electron chi connectivity index (χ4n) is 4.67. The standard InChI is InChI=1S/C31H35N5O5S/c1-4-6-12-28-33-26-19-23(32-31(39)34-29(37)9-5-2)17-18-27(26)36(28)20-21-13-15-22(16-14-21)24-10-7-8-11-25(24)30(38)35-42(3,40)41/h7-8,10-11,13-19H,4-6,9,12,20H2,1-3H3,(H,35,38)(H2,32,34,37,39). The number of hydrogen-bond acceptors (Lipinski definition) is 6. The smallest absolute Gasteiger partial charge is 0.323 e. The van der Waals surface area contributed by atoms with Crippen LogP contribution in [-0.4, -0.2) is 42.1 Å². The number of amides is 4. The van der Waals surface area contributed by atoms with Gasteiger partial charge in [0.15, 0.2) is 0 Å². The number of benzene rings is 3. The van der Waals surface area contributed by atoms with Crippen LogP contribution in [-0.2, 0) is 27.8 Å². The van der Waals surface area contributed by atoms with Gasteiger partial charge in [0.2, 0.25) is 15.9 Å². The Balaban J connectivity index is 1.58. The number of aromatic nitrogens is 2. The molecule has 0 spiro atoms. The summed E-state index contributed by atoms with van der Waals surface area (Å²) in [6.45, 7) is 4.56. The van der Waals surface area contributed by atoms with E-state index in [-0.39, 0.29) is 17.9 Å². The number of imide groups is 1. The van der Waals surface area contributed by atoms with Gasteiger partial charge < -0.3 is 9.88 Å². The van der Waals surface area contributed by atoms with Crippen LogP contribution in [0.4, 0.5) is 10.5 Å². The summed E-state index contributed by atoms with van der Waals surface area (Å²) in [4.78, 5) is 41.4. The van der Waals surface area contributed by atoms with E-state index in [1.165, 1.54) is 0 Å². The number of carbonyl (C=O) groups excluding carboxylic acids is 3. The van der Waals surface area contributed by atoms with Gasteiger partial charge in [-0.2, -0.15) is 0 Å². The summed E-state index contributed by atoms with van der Waals surface area (Å²) < 4.78 is 27.4. The lowest BCUT2D eigenvalue weighted by molar-refractivity contribution is -0.119. The van der Waals surface area contributed by atoms with E-state index in [0.29, 0.717) is 24.2 Å². The number of fused-ring (bicyclic) bond motifs is 1. The van der Waals surface area contributed by atoms with E-state index in [0.717, 1.165) is 53.5 Å². The van der Waals surface area contributed by atoms with Gasteiger partial charge in [-0.15, -0.1) is 0 Å². The Bertz CT molecular complexity index is 1710. The van der Waals surface area contributed by atoms with E-state index in [4.69, 9.17) is 4.98 Å². The fourth-order valence-corrected chi connectivity index (χ4v) is 5.11. The van der Waals surface area contributed by atoms with Crippen molar-refractivity contribution in [2.75, 3.05) is 11.6 Å². The minimum Gasteiger partial charge on any atom is -0.323 e. The Morgan fingerprint density at radius 2 is 1.67 bits per heavy atom. The zero-order valence-electron chi connectivity index (χ0n) is 23.9. The number of urea groups is 1. The van der Waals surface area contributed by atoms with Gasteiger partial charge in [0.25, 0.3) is 5.91 Å². The molecule has 42 heavy (non-hydrogen) atoms. The van der Waals surface area contributed by atoms with E-state index in [1.54, 1.807) is 36.4 Å². The molecule has 0 fully saturated rings. The molecular formula is C31H35N5O5S. The third-order valence-electron chi connectivity index (χ3n) is 6.62. The Morgan fingerprint density at radius 1 is 0.929 bits per heavy atom. The highest BCUT2D eigenvalue weighted by atomic mass is 32.2. The summed E-state index contributed by atoms with van der Waals surface area (Å²) in [6, 6.07) is 19.6. The maximum Gasteiger partial charge on any atom is 0.325 e. The number of carbonyl (C=O) groups is 3. The molecule has 0 aliphatic rings. The van der Waals surface area contributed by atoms with Crippen molar-refractivity contribution < 1.29 is 22.8 Å². The van der Waals surface area contributed by atoms with Crippen LogP contribution in [0.15, 0.2) is 66.7 Å². The maximum atomic E-state index is 12.6. The Kier molecular flexibility index (Phi) is 9.74. The second-order valence-corrected chi connectivity index (χ2v) is 11.9. The maximum absolute atomic E-state index is 12.6. The molecular weight excluding hydrogens is 554 g/mol. The first-order valence-electron chi connectivity index (χ1n) is 13.9. The van der Waals surface area contributed by atoms with Crippen LogP contribution < -0.4 is 15.4 Å². The molecule has 4 amide bonds. The highest BCUT2D eigenvalue weighted by Gasteiger charge is 2.17. The van der Waals surface area contributed by atoms with Crippen molar-refractivity contribution >= 4 is 44.6 Å². The minimum absolute atomic E-state index is 0.269. The quantitative estimate of drug-likeness (QED) is 0.219. The van der Waals surface area contributed by atoms with Gasteiger partial charge in [-0.3, -0.25) is 14.9 Å². The predicted octanol–water partition coefficient (Wildman–Crippen LogP) is 5.23. The molecule has 0 saturated heterocycles. The van der Waals surface area contributed by atoms with Gasteiger partial charge in [0.1, 0.15) is 5.82 Å². The van der Waals surface area contributed by atoms with E-state index in [1.807, 2.05) is 42.0 Å². The normalized spacial score (nSPS) is 11.3. The van der Waals surface area contributed by atoms with E-state index in [2.05, 4.69) is 22.1 Å². The second-order valence-electron chi connectivity index (χ2n) is 10.1. The van der Waals surface area contributed by atoms with Crippen LogP contribution in [0.3, 0.4) is 0 Å². The SMILES string of the molecule is CCCCc1nc2cc(NC(=O)NC(=O)CCC)ccc2n1Cc1ccc(-c2ccccc2C(=O)NS(C)(=O)=O)cc1. The first-order valence-corrected chi connectivity index (χ1v) is 15.8. The monoisotopic (exact) mass is 589 g/mol. The Hall–Kier alpha value is -4.51. The van der Waals surface area contributed by atoms with Crippen LogP contribution in [0.1, 0.15) is 61.3 Å².